The van der Waals surface area contributed by atoms with Crippen LogP contribution < -0.4 is 5.32 Å². The Labute approximate surface area is 109 Å². The summed E-state index contributed by atoms with van der Waals surface area (Å²) in [6, 6.07) is 2.97. The second-order valence-electron chi connectivity index (χ2n) is 2.93. The van der Waals surface area contributed by atoms with Crippen molar-refractivity contribution in [3.05, 3.63) is 27.2 Å². The van der Waals surface area contributed by atoms with Crippen molar-refractivity contribution in [2.45, 2.75) is 6.92 Å². The summed E-state index contributed by atoms with van der Waals surface area (Å²) < 4.78 is 4.95. The number of amides is 1. The van der Waals surface area contributed by atoms with Crippen LogP contribution in [0, 0.1) is 0 Å². The molecule has 0 aliphatic carbocycles. The minimum atomic E-state index is -0.290. The van der Waals surface area contributed by atoms with Gasteiger partial charge in [-0.05, 0) is 19.1 Å². The van der Waals surface area contributed by atoms with E-state index in [4.69, 9.17) is 39.5 Å². The summed E-state index contributed by atoms with van der Waals surface area (Å²) in [6.07, 6.45) is 0. The molecule has 0 aliphatic rings. The number of anilines is 1. The summed E-state index contributed by atoms with van der Waals surface area (Å²) in [5, 5.41) is 3.58. The molecule has 1 amide bonds. The van der Waals surface area contributed by atoms with Crippen molar-refractivity contribution < 1.29 is 9.53 Å². The summed E-state index contributed by atoms with van der Waals surface area (Å²) in [6.45, 7) is 2.26. The number of rotatable bonds is 4. The van der Waals surface area contributed by atoms with Crippen molar-refractivity contribution >= 4 is 46.4 Å². The van der Waals surface area contributed by atoms with Gasteiger partial charge in [0.05, 0.1) is 20.8 Å². The highest BCUT2D eigenvalue weighted by atomic mass is 35.5. The molecular weight excluding hydrogens is 272 g/mol. The minimum Gasteiger partial charge on any atom is -0.372 e. The van der Waals surface area contributed by atoms with Crippen molar-refractivity contribution in [3.8, 4) is 0 Å². The van der Waals surface area contributed by atoms with Crippen LogP contribution in [0.3, 0.4) is 0 Å². The number of hydrogen-bond acceptors (Lipinski definition) is 2. The van der Waals surface area contributed by atoms with Crippen LogP contribution in [0.1, 0.15) is 6.92 Å². The second-order valence-corrected chi connectivity index (χ2v) is 4.15. The first-order valence-electron chi connectivity index (χ1n) is 4.56. The summed E-state index contributed by atoms with van der Waals surface area (Å²) in [5.74, 6) is -0.290. The Morgan fingerprint density at radius 1 is 1.25 bits per heavy atom. The molecule has 1 rings (SSSR count). The maximum absolute atomic E-state index is 11.3. The second kappa shape index (κ2) is 6.30. The molecule has 0 fully saturated rings. The molecule has 0 radical (unpaired) electrons. The molecule has 0 aromatic heterocycles. The molecule has 0 heterocycles. The third kappa shape index (κ3) is 3.83. The van der Waals surface area contributed by atoms with E-state index in [-0.39, 0.29) is 12.5 Å². The van der Waals surface area contributed by atoms with Crippen molar-refractivity contribution in [1.29, 1.82) is 0 Å². The third-order valence-corrected chi connectivity index (χ3v) is 2.76. The van der Waals surface area contributed by atoms with Crippen molar-refractivity contribution in [1.82, 2.24) is 0 Å². The van der Waals surface area contributed by atoms with Crippen molar-refractivity contribution in [3.63, 3.8) is 0 Å². The van der Waals surface area contributed by atoms with E-state index in [1.807, 2.05) is 0 Å². The fourth-order valence-electron chi connectivity index (χ4n) is 0.999. The lowest BCUT2D eigenvalue weighted by atomic mass is 10.3. The first-order valence-corrected chi connectivity index (χ1v) is 5.70. The predicted molar refractivity (Wildman–Crippen MR) is 66.6 cm³/mol. The Bertz CT molecular complexity index is 396. The highest BCUT2D eigenvalue weighted by molar-refractivity contribution is 6.44. The topological polar surface area (TPSA) is 38.3 Å². The Morgan fingerprint density at radius 3 is 2.50 bits per heavy atom. The van der Waals surface area contributed by atoms with Gasteiger partial charge >= 0.3 is 0 Å². The van der Waals surface area contributed by atoms with Gasteiger partial charge in [-0.25, -0.2) is 0 Å². The van der Waals surface area contributed by atoms with Gasteiger partial charge in [0.15, 0.2) is 0 Å². The number of ether oxygens (including phenoxy) is 1. The SMILES string of the molecule is CCOCC(=O)Nc1cc(Cl)c(Cl)cc1Cl. The lowest BCUT2D eigenvalue weighted by Gasteiger charge is -2.08. The average molecular weight is 283 g/mol. The van der Waals surface area contributed by atoms with Gasteiger partial charge in [-0.15, -0.1) is 0 Å². The quantitative estimate of drug-likeness (QED) is 0.857. The fourth-order valence-corrected chi connectivity index (χ4v) is 1.59. The Balaban J connectivity index is 2.73. The van der Waals surface area contributed by atoms with E-state index in [1.54, 1.807) is 6.92 Å². The van der Waals surface area contributed by atoms with E-state index in [0.29, 0.717) is 27.4 Å². The van der Waals surface area contributed by atoms with Crippen LogP contribution in [0.2, 0.25) is 15.1 Å². The van der Waals surface area contributed by atoms with Crippen LogP contribution in [-0.2, 0) is 9.53 Å². The number of carbonyl (C=O) groups excluding carboxylic acids is 1. The standard InChI is InChI=1S/C10H10Cl3NO2/c1-2-16-5-10(15)14-9-4-7(12)6(11)3-8(9)13/h3-4H,2,5H2,1H3,(H,14,15). The highest BCUT2D eigenvalue weighted by Crippen LogP contribution is 2.32. The maximum atomic E-state index is 11.3. The van der Waals surface area contributed by atoms with Gasteiger partial charge < -0.3 is 10.1 Å². The van der Waals surface area contributed by atoms with Gasteiger partial charge in [-0.1, -0.05) is 34.8 Å². The van der Waals surface area contributed by atoms with Crippen LogP contribution in [-0.4, -0.2) is 19.1 Å². The molecule has 1 aromatic carbocycles. The fraction of sp³-hybridized carbons (Fsp3) is 0.300. The maximum Gasteiger partial charge on any atom is 0.250 e. The molecule has 1 N–H and O–H groups in total. The Hall–Kier alpha value is -0.480. The molecule has 0 unspecified atom stereocenters. The van der Waals surface area contributed by atoms with E-state index in [0.717, 1.165) is 0 Å². The molecule has 16 heavy (non-hydrogen) atoms. The molecule has 0 atom stereocenters. The van der Waals surface area contributed by atoms with Gasteiger partial charge in [-0.2, -0.15) is 0 Å². The normalized spacial score (nSPS) is 10.2. The summed E-state index contributed by atoms with van der Waals surface area (Å²) >= 11 is 17.4. The van der Waals surface area contributed by atoms with Gasteiger partial charge in [0.25, 0.3) is 0 Å². The van der Waals surface area contributed by atoms with E-state index >= 15 is 0 Å². The molecule has 0 spiro atoms. The molecule has 0 aliphatic heterocycles. The van der Waals surface area contributed by atoms with Gasteiger partial charge in [0.2, 0.25) is 5.91 Å². The van der Waals surface area contributed by atoms with E-state index < -0.39 is 0 Å². The molecule has 0 bridgehead atoms. The number of nitrogens with one attached hydrogen (secondary N) is 1. The van der Waals surface area contributed by atoms with Crippen molar-refractivity contribution in [2.24, 2.45) is 0 Å². The molecule has 0 saturated carbocycles. The van der Waals surface area contributed by atoms with E-state index in [9.17, 15) is 4.79 Å². The molecule has 88 valence electrons. The number of carbonyl (C=O) groups is 1. The van der Waals surface area contributed by atoms with Crippen LogP contribution in [0.25, 0.3) is 0 Å². The number of hydrogen-bond donors (Lipinski definition) is 1. The van der Waals surface area contributed by atoms with Crippen LogP contribution in [0.15, 0.2) is 12.1 Å². The summed E-state index contributed by atoms with van der Waals surface area (Å²) in [7, 11) is 0. The molecular formula is C10H10Cl3NO2. The number of halogens is 3. The summed E-state index contributed by atoms with van der Waals surface area (Å²) in [4.78, 5) is 11.3. The lowest BCUT2D eigenvalue weighted by Crippen LogP contribution is -2.18. The smallest absolute Gasteiger partial charge is 0.250 e. The molecule has 1 aromatic rings. The zero-order valence-electron chi connectivity index (χ0n) is 8.52. The first kappa shape index (κ1) is 13.6. The average Bonchev–Trinajstić information content (AvgIpc) is 2.23. The number of benzene rings is 1. The van der Waals surface area contributed by atoms with E-state index in [2.05, 4.69) is 5.32 Å². The monoisotopic (exact) mass is 281 g/mol. The van der Waals surface area contributed by atoms with Gasteiger partial charge in [0.1, 0.15) is 6.61 Å². The van der Waals surface area contributed by atoms with Gasteiger partial charge in [-0.3, -0.25) is 4.79 Å². The third-order valence-electron chi connectivity index (χ3n) is 1.72. The molecule has 6 heteroatoms. The van der Waals surface area contributed by atoms with Crippen LogP contribution in [0.5, 0.6) is 0 Å². The first-order chi connectivity index (χ1) is 7.54. The van der Waals surface area contributed by atoms with E-state index in [1.165, 1.54) is 12.1 Å². The predicted octanol–water partition coefficient (Wildman–Crippen LogP) is 3.62. The molecule has 0 saturated heterocycles. The highest BCUT2D eigenvalue weighted by Gasteiger charge is 2.09. The summed E-state index contributed by atoms with van der Waals surface area (Å²) in [5.41, 5.74) is 0.417. The minimum absolute atomic E-state index is 0.0208. The van der Waals surface area contributed by atoms with Crippen LogP contribution >= 0.6 is 34.8 Å². The largest absolute Gasteiger partial charge is 0.372 e. The zero-order valence-corrected chi connectivity index (χ0v) is 10.8. The lowest BCUT2D eigenvalue weighted by molar-refractivity contribution is -0.120. The zero-order chi connectivity index (χ0) is 12.1. The Kier molecular flexibility index (Phi) is 5.35. The van der Waals surface area contributed by atoms with Crippen molar-refractivity contribution in [2.75, 3.05) is 18.5 Å². The van der Waals surface area contributed by atoms with Gasteiger partial charge in [0, 0.05) is 6.61 Å². The van der Waals surface area contributed by atoms with Crippen LogP contribution in [0.4, 0.5) is 5.69 Å². The molecule has 3 nitrogen and oxygen atoms in total. The Morgan fingerprint density at radius 2 is 1.88 bits per heavy atom.